The molecule has 3 rings (SSSR count). The van der Waals surface area contributed by atoms with Crippen molar-refractivity contribution in [2.75, 3.05) is 18.4 Å². The van der Waals surface area contributed by atoms with E-state index in [1.165, 1.54) is 6.92 Å². The van der Waals surface area contributed by atoms with E-state index in [1.54, 1.807) is 12.1 Å². The van der Waals surface area contributed by atoms with Gasteiger partial charge in [-0.3, -0.25) is 14.5 Å². The van der Waals surface area contributed by atoms with Crippen molar-refractivity contribution in [1.82, 2.24) is 10.2 Å². The first-order valence-corrected chi connectivity index (χ1v) is 10.4. The first kappa shape index (κ1) is 21.6. The Labute approximate surface area is 181 Å². The Hall–Kier alpha value is -2.08. The van der Waals surface area contributed by atoms with Crippen LogP contribution >= 0.6 is 23.2 Å². The summed E-state index contributed by atoms with van der Waals surface area (Å²) in [7, 11) is 0. The van der Waals surface area contributed by atoms with E-state index in [2.05, 4.69) is 29.4 Å². The highest BCUT2D eigenvalue weighted by Crippen LogP contribution is 2.44. The Morgan fingerprint density at radius 1 is 1.17 bits per heavy atom. The molecule has 2 amide bonds. The number of nitrogens with zero attached hydrogens (tertiary/aromatic N) is 1. The molecule has 1 heterocycles. The average Bonchev–Trinajstić information content (AvgIpc) is 2.89. The number of fused-ring (bicyclic) bond motifs is 1. The van der Waals surface area contributed by atoms with Crippen LogP contribution in [-0.4, -0.2) is 35.8 Å². The van der Waals surface area contributed by atoms with Crippen LogP contribution in [0.25, 0.3) is 0 Å². The fraction of sp³-hybridized carbons (Fsp3) is 0.364. The molecule has 0 saturated carbocycles. The van der Waals surface area contributed by atoms with Crippen LogP contribution in [0.3, 0.4) is 0 Å². The van der Waals surface area contributed by atoms with Crippen molar-refractivity contribution in [2.24, 2.45) is 0 Å². The number of amides is 2. The molecule has 0 fully saturated rings. The van der Waals surface area contributed by atoms with Crippen molar-refractivity contribution in [3.63, 3.8) is 0 Å². The van der Waals surface area contributed by atoms with Crippen LogP contribution in [0.2, 0.25) is 10.0 Å². The summed E-state index contributed by atoms with van der Waals surface area (Å²) in [5, 5.41) is 7.04. The maximum absolute atomic E-state index is 13.5. The lowest BCUT2D eigenvalue weighted by atomic mass is 9.82. The zero-order chi connectivity index (χ0) is 21.2. The topological polar surface area (TPSA) is 61.4 Å². The molecule has 1 unspecified atom stereocenters. The molecule has 2 aromatic carbocycles. The van der Waals surface area contributed by atoms with E-state index in [1.807, 2.05) is 30.3 Å². The van der Waals surface area contributed by atoms with Crippen LogP contribution in [0.1, 0.15) is 31.9 Å². The Bertz CT molecular complexity index is 932. The van der Waals surface area contributed by atoms with Crippen LogP contribution in [0, 0.1) is 0 Å². The summed E-state index contributed by atoms with van der Waals surface area (Å²) in [4.78, 5) is 27.0. The summed E-state index contributed by atoms with van der Waals surface area (Å²) in [5.74, 6) is -0.202. The number of rotatable bonds is 7. The summed E-state index contributed by atoms with van der Waals surface area (Å²) in [6, 6.07) is 13.1. The average molecular weight is 434 g/mol. The molecule has 0 spiro atoms. The van der Waals surface area contributed by atoms with Crippen molar-refractivity contribution in [1.29, 1.82) is 0 Å². The molecule has 1 atom stereocenters. The first-order valence-electron chi connectivity index (χ1n) is 9.61. The molecule has 7 heteroatoms. The number of carbonyl (C=O) groups excluding carboxylic acids is 2. The second-order valence-electron chi connectivity index (χ2n) is 7.58. The fourth-order valence-corrected chi connectivity index (χ4v) is 4.46. The van der Waals surface area contributed by atoms with Gasteiger partial charge in [-0.2, -0.15) is 0 Å². The molecule has 5 nitrogen and oxygen atoms in total. The predicted molar refractivity (Wildman–Crippen MR) is 117 cm³/mol. The molecule has 0 aliphatic carbocycles. The van der Waals surface area contributed by atoms with Gasteiger partial charge in [0.2, 0.25) is 11.8 Å². The van der Waals surface area contributed by atoms with Crippen LogP contribution in [-0.2, 0) is 21.5 Å². The number of hydrogen-bond donors (Lipinski definition) is 2. The van der Waals surface area contributed by atoms with Gasteiger partial charge in [-0.25, -0.2) is 0 Å². The largest absolute Gasteiger partial charge is 0.355 e. The van der Waals surface area contributed by atoms with Gasteiger partial charge in [0.1, 0.15) is 5.54 Å². The minimum atomic E-state index is -0.933. The molecule has 0 bridgehead atoms. The molecular formula is C22H25Cl2N3O2. The van der Waals surface area contributed by atoms with E-state index in [9.17, 15) is 9.59 Å². The minimum absolute atomic E-state index is 0.0512. The summed E-state index contributed by atoms with van der Waals surface area (Å²) < 4.78 is 0. The highest BCUT2D eigenvalue weighted by molar-refractivity contribution is 6.31. The van der Waals surface area contributed by atoms with E-state index in [0.29, 0.717) is 29.6 Å². The number of anilines is 1. The lowest BCUT2D eigenvalue weighted by Gasteiger charge is -2.42. The predicted octanol–water partition coefficient (Wildman–Crippen LogP) is 4.23. The van der Waals surface area contributed by atoms with Crippen molar-refractivity contribution in [2.45, 2.75) is 38.8 Å². The summed E-state index contributed by atoms with van der Waals surface area (Å²) in [6.45, 7) is 6.55. The summed E-state index contributed by atoms with van der Waals surface area (Å²) in [6.07, 6.45) is 0.451. The second-order valence-corrected chi connectivity index (χ2v) is 8.45. The SMILES string of the molecule is CC(=O)NCCN(C(C)C)C1(Cc2cccc(Cl)c2)C(=O)Nc2cc(Cl)ccc21. The number of nitrogens with one attached hydrogen (secondary N) is 2. The van der Waals surface area contributed by atoms with Crippen LogP contribution < -0.4 is 10.6 Å². The molecule has 2 N–H and O–H groups in total. The maximum Gasteiger partial charge on any atom is 0.249 e. The van der Waals surface area contributed by atoms with Crippen molar-refractivity contribution < 1.29 is 9.59 Å². The van der Waals surface area contributed by atoms with E-state index in [-0.39, 0.29) is 17.9 Å². The van der Waals surface area contributed by atoms with Gasteiger partial charge in [0.25, 0.3) is 0 Å². The summed E-state index contributed by atoms with van der Waals surface area (Å²) >= 11 is 12.4. The monoisotopic (exact) mass is 433 g/mol. The fourth-order valence-electron chi connectivity index (χ4n) is 4.08. The van der Waals surface area contributed by atoms with Crippen molar-refractivity contribution in [3.05, 3.63) is 63.6 Å². The highest BCUT2D eigenvalue weighted by atomic mass is 35.5. The second kappa shape index (κ2) is 8.74. The van der Waals surface area contributed by atoms with E-state index < -0.39 is 5.54 Å². The zero-order valence-electron chi connectivity index (χ0n) is 16.8. The highest BCUT2D eigenvalue weighted by Gasteiger charge is 2.51. The van der Waals surface area contributed by atoms with Crippen molar-refractivity contribution in [3.8, 4) is 0 Å². The third kappa shape index (κ3) is 4.42. The third-order valence-electron chi connectivity index (χ3n) is 5.24. The number of hydrogen-bond acceptors (Lipinski definition) is 3. The molecule has 2 aromatic rings. The quantitative estimate of drug-likeness (QED) is 0.686. The van der Waals surface area contributed by atoms with Crippen LogP contribution in [0.4, 0.5) is 5.69 Å². The van der Waals surface area contributed by atoms with Gasteiger partial charge >= 0.3 is 0 Å². The lowest BCUT2D eigenvalue weighted by Crippen LogP contribution is -2.57. The van der Waals surface area contributed by atoms with Gasteiger partial charge in [-0.1, -0.05) is 41.4 Å². The van der Waals surface area contributed by atoms with E-state index in [0.717, 1.165) is 16.8 Å². The molecule has 1 aliphatic rings. The molecule has 154 valence electrons. The van der Waals surface area contributed by atoms with Crippen LogP contribution in [0.15, 0.2) is 42.5 Å². The zero-order valence-corrected chi connectivity index (χ0v) is 18.3. The maximum atomic E-state index is 13.5. The Morgan fingerprint density at radius 2 is 1.90 bits per heavy atom. The molecule has 0 radical (unpaired) electrons. The van der Waals surface area contributed by atoms with E-state index >= 15 is 0 Å². The Balaban J connectivity index is 2.11. The third-order valence-corrected chi connectivity index (χ3v) is 5.71. The first-order chi connectivity index (χ1) is 13.7. The lowest BCUT2D eigenvalue weighted by molar-refractivity contribution is -0.129. The molecule has 0 aromatic heterocycles. The number of halogens is 2. The minimum Gasteiger partial charge on any atom is -0.355 e. The molecular weight excluding hydrogens is 409 g/mol. The smallest absolute Gasteiger partial charge is 0.249 e. The van der Waals surface area contributed by atoms with Gasteiger partial charge in [0.05, 0.1) is 0 Å². The van der Waals surface area contributed by atoms with E-state index in [4.69, 9.17) is 23.2 Å². The van der Waals surface area contributed by atoms with Gasteiger partial charge in [0.15, 0.2) is 0 Å². The molecule has 0 saturated heterocycles. The summed E-state index contributed by atoms with van der Waals surface area (Å²) in [5.41, 5.74) is 1.62. The van der Waals surface area contributed by atoms with Crippen LogP contribution in [0.5, 0.6) is 0 Å². The number of benzene rings is 2. The standard InChI is InChI=1S/C22H25Cl2N3O2/c1-14(2)27(10-9-25-15(3)28)22(13-16-5-4-6-17(23)11-16)19-8-7-18(24)12-20(19)26-21(22)29/h4-8,11-12,14H,9-10,13H2,1-3H3,(H,25,28)(H,26,29). The van der Waals surface area contributed by atoms with Gasteiger partial charge in [-0.05, 0) is 43.7 Å². The Morgan fingerprint density at radius 3 is 2.55 bits per heavy atom. The normalized spacial score (nSPS) is 18.1. The van der Waals surface area contributed by atoms with Gasteiger partial charge < -0.3 is 10.6 Å². The van der Waals surface area contributed by atoms with Gasteiger partial charge in [0, 0.05) is 53.8 Å². The molecule has 29 heavy (non-hydrogen) atoms. The van der Waals surface area contributed by atoms with Gasteiger partial charge in [-0.15, -0.1) is 0 Å². The van der Waals surface area contributed by atoms with Crippen molar-refractivity contribution >= 4 is 40.7 Å². The molecule has 1 aliphatic heterocycles. The number of carbonyl (C=O) groups is 2. The Kier molecular flexibility index (Phi) is 6.52.